The predicted octanol–water partition coefficient (Wildman–Crippen LogP) is 3.79. The van der Waals surface area contributed by atoms with Crippen LogP contribution in [-0.2, 0) is 13.1 Å². The molecule has 0 radical (unpaired) electrons. The highest BCUT2D eigenvalue weighted by molar-refractivity contribution is 6.31. The van der Waals surface area contributed by atoms with E-state index in [1.807, 2.05) is 41.9 Å². The fourth-order valence-corrected chi connectivity index (χ4v) is 2.52. The monoisotopic (exact) mass is 302 g/mol. The second kappa shape index (κ2) is 7.14. The van der Waals surface area contributed by atoms with Gasteiger partial charge in [-0.2, -0.15) is 10.4 Å². The van der Waals surface area contributed by atoms with Gasteiger partial charge < -0.3 is 4.90 Å². The average molecular weight is 303 g/mol. The first-order chi connectivity index (χ1) is 10.2. The fourth-order valence-electron chi connectivity index (χ4n) is 2.32. The summed E-state index contributed by atoms with van der Waals surface area (Å²) in [4.78, 5) is 2.16. The van der Waals surface area contributed by atoms with E-state index in [4.69, 9.17) is 16.9 Å². The molecule has 0 N–H and O–H groups in total. The molecule has 0 unspecified atom stereocenters. The van der Waals surface area contributed by atoms with Gasteiger partial charge >= 0.3 is 0 Å². The average Bonchev–Trinajstić information content (AvgIpc) is 2.79. The van der Waals surface area contributed by atoms with E-state index in [0.717, 1.165) is 28.6 Å². The highest BCUT2D eigenvalue weighted by Gasteiger charge is 2.16. The van der Waals surface area contributed by atoms with Crippen LogP contribution in [0.15, 0.2) is 30.3 Å². The molecule has 0 spiro atoms. The van der Waals surface area contributed by atoms with Crippen molar-refractivity contribution in [1.29, 1.82) is 5.26 Å². The summed E-state index contributed by atoms with van der Waals surface area (Å²) < 4.78 is 1.93. The Morgan fingerprint density at radius 1 is 1.33 bits per heavy atom. The molecule has 1 aromatic carbocycles. The van der Waals surface area contributed by atoms with Crippen LogP contribution in [0.4, 0.5) is 5.69 Å². The summed E-state index contributed by atoms with van der Waals surface area (Å²) in [5.74, 6) is 0. The largest absolute Gasteiger partial charge is 0.365 e. The quantitative estimate of drug-likeness (QED) is 0.815. The van der Waals surface area contributed by atoms with Crippen molar-refractivity contribution in [2.24, 2.45) is 0 Å². The minimum Gasteiger partial charge on any atom is -0.365 e. The van der Waals surface area contributed by atoms with Gasteiger partial charge in [-0.1, -0.05) is 29.8 Å². The molecule has 0 aliphatic carbocycles. The van der Waals surface area contributed by atoms with Crippen LogP contribution in [0.2, 0.25) is 5.02 Å². The molecule has 21 heavy (non-hydrogen) atoms. The Morgan fingerprint density at radius 2 is 2.05 bits per heavy atom. The van der Waals surface area contributed by atoms with E-state index in [1.54, 1.807) is 0 Å². The van der Waals surface area contributed by atoms with Gasteiger partial charge in [0.1, 0.15) is 0 Å². The zero-order valence-electron chi connectivity index (χ0n) is 12.4. The predicted molar refractivity (Wildman–Crippen MR) is 85.4 cm³/mol. The Morgan fingerprint density at radius 3 is 2.67 bits per heavy atom. The molecule has 4 nitrogen and oxygen atoms in total. The molecular formula is C16H19ClN4. The van der Waals surface area contributed by atoms with Crippen LogP contribution in [0.5, 0.6) is 0 Å². The van der Waals surface area contributed by atoms with Crippen LogP contribution in [0, 0.1) is 18.3 Å². The van der Waals surface area contributed by atoms with E-state index < -0.39 is 0 Å². The number of hydrogen-bond donors (Lipinski definition) is 0. The molecule has 0 fully saturated rings. The maximum atomic E-state index is 8.87. The molecule has 0 atom stereocenters. The van der Waals surface area contributed by atoms with E-state index >= 15 is 0 Å². The van der Waals surface area contributed by atoms with Gasteiger partial charge in [-0.3, -0.25) is 4.68 Å². The summed E-state index contributed by atoms with van der Waals surface area (Å²) in [6, 6.07) is 12.3. The van der Waals surface area contributed by atoms with Crippen LogP contribution in [0.3, 0.4) is 0 Å². The van der Waals surface area contributed by atoms with Crippen molar-refractivity contribution in [1.82, 2.24) is 9.78 Å². The Balaban J connectivity index is 2.29. The molecule has 0 aliphatic heterocycles. The van der Waals surface area contributed by atoms with Crippen molar-refractivity contribution in [2.75, 3.05) is 11.4 Å². The summed E-state index contributed by atoms with van der Waals surface area (Å²) in [7, 11) is 0. The van der Waals surface area contributed by atoms with E-state index in [1.165, 1.54) is 0 Å². The molecule has 2 rings (SSSR count). The summed E-state index contributed by atoms with van der Waals surface area (Å²) in [6.07, 6.45) is 0.478. The minimum atomic E-state index is 0.478. The molecule has 0 saturated heterocycles. The number of para-hydroxylation sites is 1. The summed E-state index contributed by atoms with van der Waals surface area (Å²) in [6.45, 7) is 6.07. The van der Waals surface area contributed by atoms with E-state index in [2.05, 4.69) is 23.0 Å². The lowest BCUT2D eigenvalue weighted by molar-refractivity contribution is 0.606. The van der Waals surface area contributed by atoms with Crippen molar-refractivity contribution in [3.05, 3.63) is 46.7 Å². The van der Waals surface area contributed by atoms with Crippen LogP contribution >= 0.6 is 11.6 Å². The van der Waals surface area contributed by atoms with Gasteiger partial charge in [0, 0.05) is 18.8 Å². The fraction of sp³-hybridized carbons (Fsp3) is 0.375. The zero-order chi connectivity index (χ0) is 15.2. The van der Waals surface area contributed by atoms with Crippen molar-refractivity contribution >= 4 is 17.3 Å². The second-order valence-electron chi connectivity index (χ2n) is 4.83. The van der Waals surface area contributed by atoms with Gasteiger partial charge in [-0.25, -0.2) is 0 Å². The van der Waals surface area contributed by atoms with Crippen molar-refractivity contribution in [3.8, 4) is 6.07 Å². The molecule has 0 amide bonds. The van der Waals surface area contributed by atoms with Gasteiger partial charge in [-0.05, 0) is 26.0 Å². The Hall–Kier alpha value is -1.99. The first-order valence-corrected chi connectivity index (χ1v) is 7.43. The second-order valence-corrected chi connectivity index (χ2v) is 5.21. The zero-order valence-corrected chi connectivity index (χ0v) is 13.1. The number of halogens is 1. The number of anilines is 1. The Bertz CT molecular complexity index is 628. The number of rotatable bonds is 6. The van der Waals surface area contributed by atoms with Crippen molar-refractivity contribution in [3.63, 3.8) is 0 Å². The summed E-state index contributed by atoms with van der Waals surface area (Å²) >= 11 is 6.38. The third kappa shape index (κ3) is 3.56. The van der Waals surface area contributed by atoms with E-state index in [9.17, 15) is 0 Å². The van der Waals surface area contributed by atoms with Crippen LogP contribution in [0.1, 0.15) is 24.7 Å². The molecular weight excluding hydrogens is 284 g/mol. The van der Waals surface area contributed by atoms with Gasteiger partial charge in [0.25, 0.3) is 0 Å². The summed E-state index contributed by atoms with van der Waals surface area (Å²) in [5, 5.41) is 14.0. The Labute approximate surface area is 130 Å². The SMILES string of the molecule is CCn1nc(C)c(Cl)c1CN(CCC#N)c1ccccc1. The van der Waals surface area contributed by atoms with Crippen molar-refractivity contribution in [2.45, 2.75) is 33.4 Å². The first-order valence-electron chi connectivity index (χ1n) is 7.06. The molecule has 1 heterocycles. The number of nitriles is 1. The minimum absolute atomic E-state index is 0.478. The number of aromatic nitrogens is 2. The van der Waals surface area contributed by atoms with Crippen LogP contribution < -0.4 is 4.90 Å². The Kier molecular flexibility index (Phi) is 5.24. The lowest BCUT2D eigenvalue weighted by Gasteiger charge is -2.24. The molecule has 0 bridgehead atoms. The highest BCUT2D eigenvalue weighted by atomic mass is 35.5. The number of benzene rings is 1. The number of nitrogens with zero attached hydrogens (tertiary/aromatic N) is 4. The smallest absolute Gasteiger partial charge is 0.0865 e. The van der Waals surface area contributed by atoms with Gasteiger partial charge in [0.15, 0.2) is 0 Å². The topological polar surface area (TPSA) is 44.9 Å². The highest BCUT2D eigenvalue weighted by Crippen LogP contribution is 2.24. The maximum Gasteiger partial charge on any atom is 0.0865 e. The molecule has 110 valence electrons. The molecule has 1 aromatic heterocycles. The summed E-state index contributed by atoms with van der Waals surface area (Å²) in [5.41, 5.74) is 2.94. The van der Waals surface area contributed by atoms with Crippen LogP contribution in [0.25, 0.3) is 0 Å². The van der Waals surface area contributed by atoms with E-state index in [0.29, 0.717) is 19.5 Å². The molecule has 2 aromatic rings. The maximum absolute atomic E-state index is 8.87. The van der Waals surface area contributed by atoms with Gasteiger partial charge in [0.2, 0.25) is 0 Å². The van der Waals surface area contributed by atoms with E-state index in [-0.39, 0.29) is 0 Å². The molecule has 5 heteroatoms. The lowest BCUT2D eigenvalue weighted by atomic mass is 10.2. The van der Waals surface area contributed by atoms with Crippen LogP contribution in [-0.4, -0.2) is 16.3 Å². The number of aryl methyl sites for hydroxylation is 2. The third-order valence-electron chi connectivity index (χ3n) is 3.41. The number of hydrogen-bond acceptors (Lipinski definition) is 3. The van der Waals surface area contributed by atoms with Crippen molar-refractivity contribution < 1.29 is 0 Å². The first kappa shape index (κ1) is 15.4. The third-order valence-corrected chi connectivity index (χ3v) is 3.90. The molecule has 0 aliphatic rings. The standard InChI is InChI=1S/C16H19ClN4/c1-3-21-15(16(17)13(2)19-21)12-20(11-7-10-18)14-8-5-4-6-9-14/h4-6,8-9H,3,7,11-12H2,1-2H3. The van der Waals surface area contributed by atoms with Gasteiger partial charge in [-0.15, -0.1) is 0 Å². The normalized spacial score (nSPS) is 10.4. The van der Waals surface area contributed by atoms with Gasteiger partial charge in [0.05, 0.1) is 35.4 Å². The molecule has 0 saturated carbocycles. The lowest BCUT2D eigenvalue weighted by Crippen LogP contribution is -2.25.